The molecule has 0 atom stereocenters. The van der Waals surface area contributed by atoms with Gasteiger partial charge in [-0.05, 0) is 48.3 Å². The lowest BCUT2D eigenvalue weighted by atomic mass is 10.1. The van der Waals surface area contributed by atoms with E-state index in [9.17, 15) is 9.59 Å². The van der Waals surface area contributed by atoms with Gasteiger partial charge in [-0.15, -0.1) is 0 Å². The molecule has 3 aromatic carbocycles. The Morgan fingerprint density at radius 1 is 1.03 bits per heavy atom. The number of nitrogens with one attached hydrogen (secondary N) is 3. The minimum atomic E-state index is -0.437. The summed E-state index contributed by atoms with van der Waals surface area (Å²) in [6.45, 7) is 1.72. The van der Waals surface area contributed by atoms with Crippen LogP contribution < -0.4 is 20.9 Å². The normalized spacial score (nSPS) is 10.3. The molecular formula is C21H18BrN3O3S. The van der Waals surface area contributed by atoms with E-state index in [0.29, 0.717) is 11.3 Å². The zero-order chi connectivity index (χ0) is 20.8. The summed E-state index contributed by atoms with van der Waals surface area (Å²) in [4.78, 5) is 24.2. The van der Waals surface area contributed by atoms with Crippen molar-refractivity contribution in [2.45, 2.75) is 6.92 Å². The van der Waals surface area contributed by atoms with Gasteiger partial charge in [-0.2, -0.15) is 0 Å². The molecule has 0 aliphatic carbocycles. The van der Waals surface area contributed by atoms with E-state index in [1.807, 2.05) is 49.4 Å². The van der Waals surface area contributed by atoms with Gasteiger partial charge in [0.25, 0.3) is 11.8 Å². The number of ether oxygens (including phenoxy) is 1. The van der Waals surface area contributed by atoms with Gasteiger partial charge in [0, 0.05) is 15.4 Å². The van der Waals surface area contributed by atoms with Gasteiger partial charge in [-0.25, -0.2) is 0 Å². The summed E-state index contributed by atoms with van der Waals surface area (Å²) in [5.74, 6) is -0.212. The van der Waals surface area contributed by atoms with E-state index < -0.39 is 5.91 Å². The standard InChI is InChI=1S/C21H18BrN3O3S/c1-13-9-10-15(11-17(13)22)20(27)23-21(29)25-24-19(26)12-28-18-8-4-6-14-5-2-3-7-16(14)18/h2-11H,12H2,1H3,(H,24,26)(H2,23,25,27,29). The molecule has 0 unspecified atom stereocenters. The number of thiocarbonyl (C=S) groups is 1. The zero-order valence-electron chi connectivity index (χ0n) is 15.5. The molecule has 0 aliphatic rings. The molecule has 0 saturated carbocycles. The number of hydrazine groups is 1. The van der Waals surface area contributed by atoms with Crippen LogP contribution in [0.2, 0.25) is 0 Å². The maximum atomic E-state index is 12.2. The van der Waals surface area contributed by atoms with E-state index in [0.717, 1.165) is 20.8 Å². The van der Waals surface area contributed by atoms with Crippen molar-refractivity contribution >= 4 is 55.8 Å². The van der Waals surface area contributed by atoms with Crippen LogP contribution in [0.15, 0.2) is 65.1 Å². The quantitative estimate of drug-likeness (QED) is 0.399. The lowest BCUT2D eigenvalue weighted by molar-refractivity contribution is -0.123. The topological polar surface area (TPSA) is 79.5 Å². The van der Waals surface area contributed by atoms with E-state index in [1.165, 1.54) is 0 Å². The third kappa shape index (κ3) is 5.52. The van der Waals surface area contributed by atoms with Crippen LogP contribution in [0.3, 0.4) is 0 Å². The molecule has 3 N–H and O–H groups in total. The summed E-state index contributed by atoms with van der Waals surface area (Å²) >= 11 is 8.42. The number of aryl methyl sites for hydroxylation is 1. The molecule has 0 aliphatic heterocycles. The monoisotopic (exact) mass is 471 g/mol. The SMILES string of the molecule is Cc1ccc(C(=O)NC(=S)NNC(=O)COc2cccc3ccccc23)cc1Br. The van der Waals surface area contributed by atoms with Gasteiger partial charge in [0.05, 0.1) is 0 Å². The Morgan fingerprint density at radius 3 is 2.59 bits per heavy atom. The molecule has 29 heavy (non-hydrogen) atoms. The number of rotatable bonds is 4. The molecule has 0 bridgehead atoms. The van der Waals surface area contributed by atoms with E-state index in [2.05, 4.69) is 32.1 Å². The maximum absolute atomic E-state index is 12.2. The fourth-order valence-electron chi connectivity index (χ4n) is 2.57. The van der Waals surface area contributed by atoms with Gasteiger partial charge in [0.1, 0.15) is 5.75 Å². The Kier molecular flexibility index (Phi) is 6.79. The number of fused-ring (bicyclic) bond motifs is 1. The zero-order valence-corrected chi connectivity index (χ0v) is 17.9. The molecule has 6 nitrogen and oxygen atoms in total. The molecule has 148 valence electrons. The fourth-order valence-corrected chi connectivity index (χ4v) is 3.09. The third-order valence-electron chi connectivity index (χ3n) is 4.08. The van der Waals surface area contributed by atoms with Crippen molar-refractivity contribution in [1.29, 1.82) is 0 Å². The van der Waals surface area contributed by atoms with Crippen LogP contribution >= 0.6 is 28.1 Å². The Balaban J connectivity index is 1.48. The average molecular weight is 472 g/mol. The van der Waals surface area contributed by atoms with Crippen molar-refractivity contribution in [3.05, 3.63) is 76.3 Å². The third-order valence-corrected chi connectivity index (χ3v) is 5.14. The molecule has 2 amide bonds. The van der Waals surface area contributed by atoms with Gasteiger partial charge in [-0.3, -0.25) is 25.8 Å². The lowest BCUT2D eigenvalue weighted by Gasteiger charge is -2.12. The predicted octanol–water partition coefficient (Wildman–Crippen LogP) is 3.63. The number of amides is 2. The number of hydrogen-bond donors (Lipinski definition) is 3. The van der Waals surface area contributed by atoms with Gasteiger partial charge in [-0.1, -0.05) is 58.4 Å². The van der Waals surface area contributed by atoms with Gasteiger partial charge >= 0.3 is 0 Å². The van der Waals surface area contributed by atoms with Crippen molar-refractivity contribution in [1.82, 2.24) is 16.2 Å². The predicted molar refractivity (Wildman–Crippen MR) is 120 cm³/mol. The molecular weight excluding hydrogens is 454 g/mol. The molecule has 0 saturated heterocycles. The molecule has 0 aromatic heterocycles. The molecule has 0 spiro atoms. The van der Waals surface area contributed by atoms with Crippen LogP contribution in [0.1, 0.15) is 15.9 Å². The van der Waals surface area contributed by atoms with Crippen LogP contribution in [-0.4, -0.2) is 23.5 Å². The highest BCUT2D eigenvalue weighted by Crippen LogP contribution is 2.24. The average Bonchev–Trinajstić information content (AvgIpc) is 2.72. The van der Waals surface area contributed by atoms with Crippen LogP contribution in [0, 0.1) is 6.92 Å². The summed E-state index contributed by atoms with van der Waals surface area (Å²) in [5.41, 5.74) is 6.35. The van der Waals surface area contributed by atoms with Crippen LogP contribution in [0.4, 0.5) is 0 Å². The minimum absolute atomic E-state index is 0.0230. The van der Waals surface area contributed by atoms with Crippen LogP contribution in [0.5, 0.6) is 5.75 Å². The van der Waals surface area contributed by atoms with Crippen molar-refractivity contribution in [2.24, 2.45) is 0 Å². The smallest absolute Gasteiger partial charge is 0.276 e. The van der Waals surface area contributed by atoms with E-state index in [4.69, 9.17) is 17.0 Å². The van der Waals surface area contributed by atoms with Crippen molar-refractivity contribution < 1.29 is 14.3 Å². The first-order valence-electron chi connectivity index (χ1n) is 8.71. The molecule has 3 aromatic rings. The molecule has 0 fully saturated rings. The first kappa shape index (κ1) is 20.8. The van der Waals surface area contributed by atoms with Crippen molar-refractivity contribution in [3.8, 4) is 5.75 Å². The van der Waals surface area contributed by atoms with Gasteiger partial charge < -0.3 is 4.74 Å². The highest BCUT2D eigenvalue weighted by atomic mass is 79.9. The molecule has 0 radical (unpaired) electrons. The fraction of sp³-hybridized carbons (Fsp3) is 0.0952. The van der Waals surface area contributed by atoms with Gasteiger partial charge in [0.2, 0.25) is 0 Å². The van der Waals surface area contributed by atoms with E-state index >= 15 is 0 Å². The summed E-state index contributed by atoms with van der Waals surface area (Å²) in [7, 11) is 0. The summed E-state index contributed by atoms with van der Waals surface area (Å²) in [6, 6.07) is 18.6. The van der Waals surface area contributed by atoms with E-state index in [1.54, 1.807) is 18.2 Å². The number of hydrogen-bond acceptors (Lipinski definition) is 4. The van der Waals surface area contributed by atoms with Gasteiger partial charge in [0.15, 0.2) is 11.7 Å². The number of benzene rings is 3. The maximum Gasteiger partial charge on any atom is 0.276 e. The number of carbonyl (C=O) groups is 2. The second kappa shape index (κ2) is 9.49. The highest BCUT2D eigenvalue weighted by molar-refractivity contribution is 9.10. The molecule has 3 rings (SSSR count). The Hall–Kier alpha value is -2.97. The summed E-state index contributed by atoms with van der Waals surface area (Å²) in [6.07, 6.45) is 0. The minimum Gasteiger partial charge on any atom is -0.483 e. The second-order valence-electron chi connectivity index (χ2n) is 6.19. The highest BCUT2D eigenvalue weighted by Gasteiger charge is 2.10. The molecule has 0 heterocycles. The number of carbonyl (C=O) groups excluding carboxylic acids is 2. The second-order valence-corrected chi connectivity index (χ2v) is 7.45. The van der Waals surface area contributed by atoms with E-state index in [-0.39, 0.29) is 17.6 Å². The first-order valence-corrected chi connectivity index (χ1v) is 9.91. The summed E-state index contributed by atoms with van der Waals surface area (Å²) < 4.78 is 6.42. The lowest BCUT2D eigenvalue weighted by Crippen LogP contribution is -2.49. The van der Waals surface area contributed by atoms with Crippen molar-refractivity contribution in [3.63, 3.8) is 0 Å². The number of halogens is 1. The van der Waals surface area contributed by atoms with Crippen molar-refractivity contribution in [2.75, 3.05) is 6.61 Å². The summed E-state index contributed by atoms with van der Waals surface area (Å²) in [5, 5.41) is 4.42. The Labute approximate surface area is 181 Å². The Bertz CT molecular complexity index is 1080. The van der Waals surface area contributed by atoms with Crippen LogP contribution in [0.25, 0.3) is 10.8 Å². The molecule has 8 heteroatoms. The van der Waals surface area contributed by atoms with Crippen LogP contribution in [-0.2, 0) is 4.79 Å². The Morgan fingerprint density at radius 2 is 1.79 bits per heavy atom. The largest absolute Gasteiger partial charge is 0.483 e. The first-order chi connectivity index (χ1) is 13.9.